The molecule has 0 bridgehead atoms. The molecule has 114 valence electrons. The maximum Gasteiger partial charge on any atom is 0.119 e. The molecule has 0 amide bonds. The third-order valence-corrected chi connectivity index (χ3v) is 3.99. The van der Waals surface area contributed by atoms with Crippen LogP contribution in [0.2, 0.25) is 0 Å². The molecule has 0 atom stereocenters. The van der Waals surface area contributed by atoms with Crippen molar-refractivity contribution in [1.82, 2.24) is 4.90 Å². The summed E-state index contributed by atoms with van der Waals surface area (Å²) in [6.07, 6.45) is 6.78. The number of nitrogens with zero attached hydrogens (tertiary/aromatic N) is 1. The molecule has 0 saturated heterocycles. The molecule has 0 fully saturated rings. The van der Waals surface area contributed by atoms with Crippen molar-refractivity contribution in [3.63, 3.8) is 0 Å². The predicted molar refractivity (Wildman–Crippen MR) is 92.2 cm³/mol. The summed E-state index contributed by atoms with van der Waals surface area (Å²) in [4.78, 5) is 2.47. The van der Waals surface area contributed by atoms with E-state index in [-0.39, 0.29) is 0 Å². The molecule has 2 aromatic rings. The molecule has 0 N–H and O–H groups in total. The van der Waals surface area contributed by atoms with Crippen LogP contribution in [-0.2, 0) is 0 Å². The maximum atomic E-state index is 5.84. The highest BCUT2D eigenvalue weighted by Gasteiger charge is 2.05. The first-order valence-electron chi connectivity index (χ1n) is 8.07. The van der Waals surface area contributed by atoms with Gasteiger partial charge in [-0.25, -0.2) is 0 Å². The van der Waals surface area contributed by atoms with Crippen LogP contribution in [0.1, 0.15) is 12.8 Å². The topological polar surface area (TPSA) is 12.5 Å². The van der Waals surface area contributed by atoms with Crippen molar-refractivity contribution < 1.29 is 4.74 Å². The molecule has 1 aliphatic heterocycles. The average Bonchev–Trinajstić information content (AvgIpc) is 2.61. The van der Waals surface area contributed by atoms with Crippen LogP contribution in [0.15, 0.2) is 66.7 Å². The molecule has 2 nitrogen and oxygen atoms in total. The summed E-state index contributed by atoms with van der Waals surface area (Å²) in [5.74, 6) is 0.957. The number of ether oxygens (including phenoxy) is 1. The number of hydrogen-bond donors (Lipinski definition) is 0. The van der Waals surface area contributed by atoms with Gasteiger partial charge >= 0.3 is 0 Å². The smallest absolute Gasteiger partial charge is 0.119 e. The Bertz CT molecular complexity index is 589. The van der Waals surface area contributed by atoms with Crippen LogP contribution in [0.5, 0.6) is 5.75 Å². The zero-order valence-corrected chi connectivity index (χ0v) is 12.9. The molecule has 1 heterocycles. The van der Waals surface area contributed by atoms with Crippen molar-refractivity contribution in [2.45, 2.75) is 12.8 Å². The lowest BCUT2D eigenvalue weighted by Crippen LogP contribution is -2.29. The number of hydrogen-bond acceptors (Lipinski definition) is 2. The molecule has 1 aliphatic rings. The molecular weight excluding hydrogens is 270 g/mol. The van der Waals surface area contributed by atoms with E-state index in [0.29, 0.717) is 0 Å². The molecule has 2 heteroatoms. The van der Waals surface area contributed by atoms with E-state index < -0.39 is 0 Å². The molecule has 3 rings (SSSR count). The molecule has 22 heavy (non-hydrogen) atoms. The van der Waals surface area contributed by atoms with Crippen molar-refractivity contribution >= 4 is 0 Å². The fraction of sp³-hybridized carbons (Fsp3) is 0.300. The van der Waals surface area contributed by atoms with E-state index in [2.05, 4.69) is 65.6 Å². The van der Waals surface area contributed by atoms with Gasteiger partial charge in [0.2, 0.25) is 0 Å². The van der Waals surface area contributed by atoms with E-state index in [0.717, 1.165) is 31.9 Å². The van der Waals surface area contributed by atoms with Gasteiger partial charge in [-0.1, -0.05) is 54.6 Å². The number of benzene rings is 2. The average molecular weight is 293 g/mol. The van der Waals surface area contributed by atoms with Gasteiger partial charge in [-0.05, 0) is 36.1 Å². The summed E-state index contributed by atoms with van der Waals surface area (Å²) >= 11 is 0. The van der Waals surface area contributed by atoms with Crippen LogP contribution in [0, 0.1) is 0 Å². The summed E-state index contributed by atoms with van der Waals surface area (Å²) in [5.41, 5.74) is 2.47. The summed E-state index contributed by atoms with van der Waals surface area (Å²) < 4.78 is 5.84. The van der Waals surface area contributed by atoms with Crippen molar-refractivity contribution in [3.05, 3.63) is 66.7 Å². The second-order valence-corrected chi connectivity index (χ2v) is 5.65. The van der Waals surface area contributed by atoms with Crippen LogP contribution in [0.3, 0.4) is 0 Å². The van der Waals surface area contributed by atoms with Gasteiger partial charge in [0.15, 0.2) is 0 Å². The predicted octanol–water partition coefficient (Wildman–Crippen LogP) is 4.38. The Morgan fingerprint density at radius 2 is 1.64 bits per heavy atom. The van der Waals surface area contributed by atoms with Crippen LogP contribution < -0.4 is 4.74 Å². The van der Waals surface area contributed by atoms with E-state index in [9.17, 15) is 0 Å². The van der Waals surface area contributed by atoms with Crippen molar-refractivity contribution in [1.29, 1.82) is 0 Å². The van der Waals surface area contributed by atoms with E-state index in [1.807, 2.05) is 6.07 Å². The fourth-order valence-corrected chi connectivity index (χ4v) is 2.75. The first kappa shape index (κ1) is 14.9. The lowest BCUT2D eigenvalue weighted by molar-refractivity contribution is 0.247. The molecule has 0 aliphatic carbocycles. The second-order valence-electron chi connectivity index (χ2n) is 5.65. The van der Waals surface area contributed by atoms with Gasteiger partial charge in [-0.2, -0.15) is 0 Å². The quantitative estimate of drug-likeness (QED) is 0.579. The normalized spacial score (nSPS) is 14.9. The molecule has 2 aromatic carbocycles. The van der Waals surface area contributed by atoms with E-state index in [1.165, 1.54) is 24.1 Å². The minimum Gasteiger partial charge on any atom is -0.494 e. The van der Waals surface area contributed by atoms with Gasteiger partial charge in [0.1, 0.15) is 5.75 Å². The van der Waals surface area contributed by atoms with E-state index in [4.69, 9.17) is 4.74 Å². The van der Waals surface area contributed by atoms with Gasteiger partial charge in [0.25, 0.3) is 0 Å². The first-order chi connectivity index (χ1) is 10.9. The fourth-order valence-electron chi connectivity index (χ4n) is 2.75. The van der Waals surface area contributed by atoms with Gasteiger partial charge < -0.3 is 4.74 Å². The Morgan fingerprint density at radius 3 is 2.36 bits per heavy atom. The largest absolute Gasteiger partial charge is 0.494 e. The highest BCUT2D eigenvalue weighted by molar-refractivity contribution is 5.63. The van der Waals surface area contributed by atoms with Gasteiger partial charge in [-0.15, -0.1) is 0 Å². The maximum absolute atomic E-state index is 5.84. The zero-order valence-electron chi connectivity index (χ0n) is 12.9. The third-order valence-electron chi connectivity index (χ3n) is 3.99. The minimum absolute atomic E-state index is 0.783. The Labute approximate surface area is 133 Å². The van der Waals surface area contributed by atoms with Gasteiger partial charge in [0, 0.05) is 19.6 Å². The van der Waals surface area contributed by atoms with Crippen LogP contribution in [-0.4, -0.2) is 31.1 Å². The van der Waals surface area contributed by atoms with Crippen LogP contribution in [0.25, 0.3) is 11.1 Å². The van der Waals surface area contributed by atoms with Crippen LogP contribution >= 0.6 is 0 Å². The molecule has 0 unspecified atom stereocenters. The highest BCUT2D eigenvalue weighted by Crippen LogP contribution is 2.22. The van der Waals surface area contributed by atoms with Crippen molar-refractivity contribution in [2.24, 2.45) is 0 Å². The Balaban J connectivity index is 1.44. The van der Waals surface area contributed by atoms with E-state index in [1.54, 1.807) is 0 Å². The van der Waals surface area contributed by atoms with Crippen LogP contribution in [0.4, 0.5) is 0 Å². The van der Waals surface area contributed by atoms with E-state index >= 15 is 0 Å². The summed E-state index contributed by atoms with van der Waals surface area (Å²) in [7, 11) is 0. The summed E-state index contributed by atoms with van der Waals surface area (Å²) in [6.45, 7) is 4.17. The monoisotopic (exact) mass is 293 g/mol. The summed E-state index contributed by atoms with van der Waals surface area (Å²) in [6, 6.07) is 18.8. The lowest BCUT2D eigenvalue weighted by atomic mass is 10.1. The third kappa shape index (κ3) is 4.22. The zero-order chi connectivity index (χ0) is 15.0. The number of rotatable bonds is 6. The Hall–Kier alpha value is -2.06. The standard InChI is InChI=1S/C20H23NO/c1-3-8-18(9-4-1)19-10-12-20(13-11-19)22-17-7-16-21-14-5-2-6-15-21/h1-5,8-13H,6-7,14-17H2. The lowest BCUT2D eigenvalue weighted by Gasteiger charge is -2.22. The van der Waals surface area contributed by atoms with Gasteiger partial charge in [0.05, 0.1) is 6.61 Å². The molecule has 0 spiro atoms. The molecule has 0 aromatic heterocycles. The highest BCUT2D eigenvalue weighted by atomic mass is 16.5. The first-order valence-corrected chi connectivity index (χ1v) is 8.07. The Morgan fingerprint density at radius 1 is 0.864 bits per heavy atom. The summed E-state index contributed by atoms with van der Waals surface area (Å²) in [5, 5.41) is 0. The van der Waals surface area contributed by atoms with Crippen molar-refractivity contribution in [3.8, 4) is 16.9 Å². The SMILES string of the molecule is C1=CCN(CCCOc2ccc(-c3ccccc3)cc2)CC1. The molecular formula is C20H23NO. The van der Waals surface area contributed by atoms with Gasteiger partial charge in [-0.3, -0.25) is 4.90 Å². The van der Waals surface area contributed by atoms with Crippen molar-refractivity contribution in [2.75, 3.05) is 26.2 Å². The molecule has 0 radical (unpaired) electrons. The minimum atomic E-state index is 0.783. The second kappa shape index (κ2) is 7.81. The Kier molecular flexibility index (Phi) is 5.27. The molecule has 0 saturated carbocycles.